The molecule has 0 saturated heterocycles. The van der Waals surface area contributed by atoms with Crippen molar-refractivity contribution in [3.63, 3.8) is 0 Å². The molecule has 0 amide bonds. The van der Waals surface area contributed by atoms with Gasteiger partial charge in [0.25, 0.3) is 0 Å². The summed E-state index contributed by atoms with van der Waals surface area (Å²) >= 11 is 0. The maximum Gasteiger partial charge on any atom is 0.343 e. The third-order valence-corrected chi connectivity index (χ3v) is 4.45. The Morgan fingerprint density at radius 2 is 1.52 bits per heavy atom. The van der Waals surface area contributed by atoms with Gasteiger partial charge in [-0.3, -0.25) is 0 Å². The lowest BCUT2D eigenvalue weighted by molar-refractivity contribution is 0.0733. The summed E-state index contributed by atoms with van der Waals surface area (Å²) in [6.07, 6.45) is 1.71. The zero-order chi connectivity index (χ0) is 17.6. The first-order valence-electron chi connectivity index (χ1n) is 8.55. The van der Waals surface area contributed by atoms with Gasteiger partial charge in [-0.05, 0) is 67.1 Å². The van der Waals surface area contributed by atoms with E-state index < -0.39 is 0 Å². The number of hydrogen-bond acceptors (Lipinski definition) is 2. The van der Waals surface area contributed by atoms with Crippen molar-refractivity contribution in [3.8, 4) is 5.75 Å². The van der Waals surface area contributed by atoms with E-state index in [1.807, 2.05) is 74.5 Å². The smallest absolute Gasteiger partial charge is 0.343 e. The van der Waals surface area contributed by atoms with Gasteiger partial charge in [-0.1, -0.05) is 54.6 Å². The maximum atomic E-state index is 12.6. The Morgan fingerprint density at radius 3 is 2.28 bits per heavy atom. The summed E-state index contributed by atoms with van der Waals surface area (Å²) in [5.74, 6) is 0.290. The largest absolute Gasteiger partial charge is 0.423 e. The SMILES string of the molecule is Cc1ccc(OC(=O)c2ccccc2CCc2ccccc2)cc1C. The molecule has 0 bridgehead atoms. The van der Waals surface area contributed by atoms with Crippen LogP contribution in [0.15, 0.2) is 72.8 Å². The van der Waals surface area contributed by atoms with Crippen molar-refractivity contribution < 1.29 is 9.53 Å². The van der Waals surface area contributed by atoms with Gasteiger partial charge in [0.15, 0.2) is 0 Å². The van der Waals surface area contributed by atoms with Gasteiger partial charge in [0.1, 0.15) is 5.75 Å². The molecule has 2 nitrogen and oxygen atoms in total. The molecule has 2 heteroatoms. The predicted molar refractivity (Wildman–Crippen MR) is 101 cm³/mol. The fourth-order valence-electron chi connectivity index (χ4n) is 2.80. The highest BCUT2D eigenvalue weighted by atomic mass is 16.5. The Balaban J connectivity index is 1.75. The lowest BCUT2D eigenvalue weighted by atomic mass is 10.00. The van der Waals surface area contributed by atoms with E-state index in [1.54, 1.807) is 0 Å². The van der Waals surface area contributed by atoms with Crippen molar-refractivity contribution in [3.05, 3.63) is 101 Å². The molecule has 25 heavy (non-hydrogen) atoms. The van der Waals surface area contributed by atoms with E-state index in [1.165, 1.54) is 11.1 Å². The first-order valence-corrected chi connectivity index (χ1v) is 8.55. The Morgan fingerprint density at radius 1 is 0.800 bits per heavy atom. The maximum absolute atomic E-state index is 12.6. The average molecular weight is 330 g/mol. The summed E-state index contributed by atoms with van der Waals surface area (Å²) in [5, 5.41) is 0. The highest BCUT2D eigenvalue weighted by Gasteiger charge is 2.13. The Hall–Kier alpha value is -2.87. The van der Waals surface area contributed by atoms with Crippen LogP contribution in [0, 0.1) is 13.8 Å². The van der Waals surface area contributed by atoms with Crippen LogP contribution in [0.4, 0.5) is 0 Å². The van der Waals surface area contributed by atoms with E-state index in [4.69, 9.17) is 4.74 Å². The molecule has 3 aromatic rings. The number of ether oxygens (including phenoxy) is 1. The monoisotopic (exact) mass is 330 g/mol. The third kappa shape index (κ3) is 4.36. The fraction of sp³-hybridized carbons (Fsp3) is 0.174. The minimum Gasteiger partial charge on any atom is -0.423 e. The van der Waals surface area contributed by atoms with Gasteiger partial charge >= 0.3 is 5.97 Å². The van der Waals surface area contributed by atoms with Crippen molar-refractivity contribution >= 4 is 5.97 Å². The van der Waals surface area contributed by atoms with Crippen molar-refractivity contribution in [1.29, 1.82) is 0 Å². The molecule has 0 radical (unpaired) electrons. The second kappa shape index (κ2) is 7.80. The Bertz CT molecular complexity index is 866. The second-order valence-corrected chi connectivity index (χ2v) is 6.28. The van der Waals surface area contributed by atoms with Crippen molar-refractivity contribution in [2.45, 2.75) is 26.7 Å². The van der Waals surface area contributed by atoms with Crippen LogP contribution in [0.1, 0.15) is 32.6 Å². The molecule has 0 aliphatic heterocycles. The van der Waals surface area contributed by atoms with Crippen LogP contribution < -0.4 is 4.74 Å². The van der Waals surface area contributed by atoms with Crippen molar-refractivity contribution in [1.82, 2.24) is 0 Å². The molecule has 0 heterocycles. The van der Waals surface area contributed by atoms with Gasteiger partial charge in [-0.15, -0.1) is 0 Å². The van der Waals surface area contributed by atoms with Crippen LogP contribution in [0.25, 0.3) is 0 Å². The lowest BCUT2D eigenvalue weighted by Crippen LogP contribution is -2.12. The fourth-order valence-corrected chi connectivity index (χ4v) is 2.80. The van der Waals surface area contributed by atoms with Gasteiger partial charge in [0.2, 0.25) is 0 Å². The number of esters is 1. The average Bonchev–Trinajstić information content (AvgIpc) is 2.64. The summed E-state index contributed by atoms with van der Waals surface area (Å²) in [5.41, 5.74) is 5.21. The Labute approximate surface area is 149 Å². The number of carbonyl (C=O) groups excluding carboxylic acids is 1. The molecule has 0 saturated carbocycles. The van der Waals surface area contributed by atoms with E-state index in [0.717, 1.165) is 24.0 Å². The number of rotatable bonds is 5. The highest BCUT2D eigenvalue weighted by molar-refractivity contribution is 5.92. The zero-order valence-corrected chi connectivity index (χ0v) is 14.7. The summed E-state index contributed by atoms with van der Waals surface area (Å²) in [7, 11) is 0. The van der Waals surface area contributed by atoms with Crippen LogP contribution in [0.5, 0.6) is 5.75 Å². The number of carbonyl (C=O) groups is 1. The van der Waals surface area contributed by atoms with Crippen molar-refractivity contribution in [2.24, 2.45) is 0 Å². The molecule has 126 valence electrons. The first kappa shape index (κ1) is 17.0. The molecule has 0 aliphatic carbocycles. The van der Waals surface area contributed by atoms with Crippen LogP contribution in [0.3, 0.4) is 0 Å². The molecule has 0 aliphatic rings. The molecule has 0 spiro atoms. The topological polar surface area (TPSA) is 26.3 Å². The molecule has 3 rings (SSSR count). The van der Waals surface area contributed by atoms with Gasteiger partial charge in [-0.2, -0.15) is 0 Å². The summed E-state index contributed by atoms with van der Waals surface area (Å²) in [4.78, 5) is 12.6. The van der Waals surface area contributed by atoms with Crippen LogP contribution in [-0.4, -0.2) is 5.97 Å². The van der Waals surface area contributed by atoms with E-state index in [2.05, 4.69) is 12.1 Å². The highest BCUT2D eigenvalue weighted by Crippen LogP contribution is 2.20. The van der Waals surface area contributed by atoms with Gasteiger partial charge in [0, 0.05) is 0 Å². The first-order chi connectivity index (χ1) is 12.1. The molecular weight excluding hydrogens is 308 g/mol. The second-order valence-electron chi connectivity index (χ2n) is 6.28. The molecule has 0 fully saturated rings. The number of aryl methyl sites for hydroxylation is 4. The number of hydrogen-bond donors (Lipinski definition) is 0. The van der Waals surface area contributed by atoms with Gasteiger partial charge < -0.3 is 4.74 Å². The lowest BCUT2D eigenvalue weighted by Gasteiger charge is -2.10. The normalized spacial score (nSPS) is 10.5. The van der Waals surface area contributed by atoms with Gasteiger partial charge in [0.05, 0.1) is 5.56 Å². The van der Waals surface area contributed by atoms with E-state index in [-0.39, 0.29) is 5.97 Å². The zero-order valence-electron chi connectivity index (χ0n) is 14.7. The molecule has 0 aromatic heterocycles. The summed E-state index contributed by atoms with van der Waals surface area (Å²) in [6, 6.07) is 23.7. The minimum absolute atomic E-state index is 0.299. The predicted octanol–water partition coefficient (Wildman–Crippen LogP) is 5.31. The summed E-state index contributed by atoms with van der Waals surface area (Å²) in [6.45, 7) is 4.06. The van der Waals surface area contributed by atoms with Crippen LogP contribution in [-0.2, 0) is 12.8 Å². The quantitative estimate of drug-likeness (QED) is 0.468. The minimum atomic E-state index is -0.299. The van der Waals surface area contributed by atoms with Crippen molar-refractivity contribution in [2.75, 3.05) is 0 Å². The number of benzene rings is 3. The van der Waals surface area contributed by atoms with E-state index in [9.17, 15) is 4.79 Å². The Kier molecular flexibility index (Phi) is 5.30. The molecular formula is C23H22O2. The molecule has 0 atom stereocenters. The third-order valence-electron chi connectivity index (χ3n) is 4.45. The standard InChI is InChI=1S/C23H22O2/c1-17-12-15-21(16-18(17)2)25-23(24)22-11-7-6-10-20(22)14-13-19-8-4-3-5-9-19/h3-12,15-16H,13-14H2,1-2H3. The van der Waals surface area contributed by atoms with E-state index >= 15 is 0 Å². The van der Waals surface area contributed by atoms with Crippen LogP contribution >= 0.6 is 0 Å². The van der Waals surface area contributed by atoms with Gasteiger partial charge in [-0.25, -0.2) is 4.79 Å². The van der Waals surface area contributed by atoms with Crippen LogP contribution in [0.2, 0.25) is 0 Å². The van der Waals surface area contributed by atoms with E-state index in [0.29, 0.717) is 11.3 Å². The molecule has 0 unspecified atom stereocenters. The molecule has 3 aromatic carbocycles. The molecule has 0 N–H and O–H groups in total. The summed E-state index contributed by atoms with van der Waals surface area (Å²) < 4.78 is 5.59.